The number of fused-ring (bicyclic) bond motifs is 2. The predicted molar refractivity (Wildman–Crippen MR) is 211 cm³/mol. The first-order valence-electron chi connectivity index (χ1n) is 16.2. The first kappa shape index (κ1) is 36.9. The summed E-state index contributed by atoms with van der Waals surface area (Å²) < 4.78 is 11.9. The molecule has 0 aliphatic rings. The maximum Gasteiger partial charge on any atom is 0.435 e. The van der Waals surface area contributed by atoms with Gasteiger partial charge < -0.3 is 15.4 Å². The van der Waals surface area contributed by atoms with Crippen molar-refractivity contribution in [3.05, 3.63) is 146 Å². The number of hydrogen-bond acceptors (Lipinski definition) is 9. The number of ether oxygens (including phenoxy) is 1. The van der Waals surface area contributed by atoms with Crippen LogP contribution in [0.5, 0.6) is 5.88 Å². The van der Waals surface area contributed by atoms with Crippen LogP contribution >= 0.6 is 55.1 Å². The van der Waals surface area contributed by atoms with E-state index in [0.29, 0.717) is 23.8 Å². The highest BCUT2D eigenvalue weighted by atomic mass is 79.9. The van der Waals surface area contributed by atoms with E-state index in [-0.39, 0.29) is 11.0 Å². The lowest BCUT2D eigenvalue weighted by Gasteiger charge is -2.11. The minimum atomic E-state index is 0.180. The van der Waals surface area contributed by atoms with Gasteiger partial charge in [0.1, 0.15) is 11.6 Å². The van der Waals surface area contributed by atoms with Gasteiger partial charge in [-0.2, -0.15) is 19.2 Å². The molecular formula is C37H30Br2Cl2N10O3+2. The number of hydrogen-bond donors (Lipinski definition) is 4. The molecule has 0 bridgehead atoms. The largest absolute Gasteiger partial charge is 0.443 e. The molecule has 0 aliphatic heterocycles. The third kappa shape index (κ3) is 8.04. The fourth-order valence-corrected chi connectivity index (χ4v) is 6.63. The molecule has 17 heteroatoms. The number of halogens is 4. The van der Waals surface area contributed by atoms with Crippen molar-refractivity contribution in [2.45, 2.75) is 13.1 Å². The highest BCUT2D eigenvalue weighted by Gasteiger charge is 2.19. The Bertz CT molecular complexity index is 2570. The standard InChI is InChI=1S/C19H16BrClN5O2.C18H14BrClN5O/c1-28-19-15(21)7-12(11-25(19)27)9-22-17-8-16(13-5-3-2-4-6-13)24-18-14(20)10-23-26(17)18;19-14-10-22-25-17(21-9-12-6-7-16(20)24(26)11-12)8-15(23-18(14)25)13-4-2-1-3-5-13/h2-8,10-11,22,27H,9H2,1H3;1-8,10-11,21,26H,9H2/q2*+1. The molecule has 0 unspecified atom stereocenters. The molecule has 0 amide bonds. The van der Waals surface area contributed by atoms with E-state index in [9.17, 15) is 10.4 Å². The molecule has 13 nitrogen and oxygen atoms in total. The van der Waals surface area contributed by atoms with E-state index < -0.39 is 0 Å². The number of rotatable bonds is 9. The molecule has 2 aromatic carbocycles. The Morgan fingerprint density at radius 2 is 1.19 bits per heavy atom. The van der Waals surface area contributed by atoms with Crippen molar-refractivity contribution < 1.29 is 24.6 Å². The highest BCUT2D eigenvalue weighted by molar-refractivity contribution is 9.11. The molecule has 8 aromatic rings. The van der Waals surface area contributed by atoms with Crippen LogP contribution in [0.25, 0.3) is 33.8 Å². The van der Waals surface area contributed by atoms with Crippen LogP contribution in [0.1, 0.15) is 11.1 Å². The van der Waals surface area contributed by atoms with Gasteiger partial charge in [0.25, 0.3) is 0 Å². The van der Waals surface area contributed by atoms with Crippen molar-refractivity contribution in [3.63, 3.8) is 0 Å². The monoisotopic (exact) mass is 890 g/mol. The zero-order valence-electron chi connectivity index (χ0n) is 28.3. The third-order valence-electron chi connectivity index (χ3n) is 8.09. The maximum absolute atomic E-state index is 9.98. The van der Waals surface area contributed by atoms with E-state index in [1.165, 1.54) is 13.3 Å². The Morgan fingerprint density at radius 3 is 1.67 bits per heavy atom. The summed E-state index contributed by atoms with van der Waals surface area (Å²) >= 11 is 19.0. The summed E-state index contributed by atoms with van der Waals surface area (Å²) in [4.78, 5) is 9.40. The van der Waals surface area contributed by atoms with E-state index in [0.717, 1.165) is 69.3 Å². The highest BCUT2D eigenvalue weighted by Crippen LogP contribution is 2.28. The van der Waals surface area contributed by atoms with Gasteiger partial charge in [-0.25, -0.2) is 9.97 Å². The van der Waals surface area contributed by atoms with Crippen LogP contribution in [0.2, 0.25) is 10.2 Å². The predicted octanol–water partition coefficient (Wildman–Crippen LogP) is 7.91. The topological polar surface area (TPSA) is 142 Å². The second kappa shape index (κ2) is 16.3. The van der Waals surface area contributed by atoms with E-state index in [1.54, 1.807) is 39.8 Å². The average Bonchev–Trinajstić information content (AvgIpc) is 3.76. The Morgan fingerprint density at radius 1 is 0.685 bits per heavy atom. The molecule has 4 N–H and O–H groups in total. The van der Waals surface area contributed by atoms with Crippen LogP contribution in [0, 0.1) is 0 Å². The SMILES string of the molecule is COc1c(Cl)cc(CNc2cc(-c3ccccc3)nc3c(Br)cnn23)c[n+]1O.O[n+]1cc(CNc2cc(-c3ccccc3)nc3c(Br)cnn23)ccc1Cl. The normalized spacial score (nSPS) is 11.0. The number of methoxy groups -OCH3 is 1. The van der Waals surface area contributed by atoms with Crippen LogP contribution in [0.3, 0.4) is 0 Å². The molecular weight excluding hydrogens is 863 g/mol. The van der Waals surface area contributed by atoms with Gasteiger partial charge in [0.2, 0.25) is 12.4 Å². The van der Waals surface area contributed by atoms with Crippen LogP contribution in [-0.2, 0) is 13.1 Å². The summed E-state index contributed by atoms with van der Waals surface area (Å²) in [6.45, 7) is 0.900. The van der Waals surface area contributed by atoms with Gasteiger partial charge in [-0.05, 0) is 55.6 Å². The third-order valence-corrected chi connectivity index (χ3v) is 9.78. The minimum absolute atomic E-state index is 0.180. The molecule has 272 valence electrons. The van der Waals surface area contributed by atoms with Gasteiger partial charge in [-0.3, -0.25) is 10.4 Å². The molecule has 0 fully saturated rings. The van der Waals surface area contributed by atoms with E-state index in [2.05, 4.69) is 52.7 Å². The first-order valence-corrected chi connectivity index (χ1v) is 18.6. The molecule has 8 rings (SSSR count). The Labute approximate surface area is 335 Å². The summed E-state index contributed by atoms with van der Waals surface area (Å²) in [5.74, 6) is 1.73. The van der Waals surface area contributed by atoms with Crippen molar-refractivity contribution in [2.24, 2.45) is 0 Å². The molecule has 6 aromatic heterocycles. The molecule has 0 radical (unpaired) electrons. The number of aromatic nitrogens is 8. The van der Waals surface area contributed by atoms with Crippen LogP contribution < -0.4 is 24.8 Å². The van der Waals surface area contributed by atoms with E-state index in [1.807, 2.05) is 78.9 Å². The van der Waals surface area contributed by atoms with Crippen molar-refractivity contribution >= 4 is 78.0 Å². The van der Waals surface area contributed by atoms with E-state index in [4.69, 9.17) is 37.9 Å². The molecule has 6 heterocycles. The number of benzene rings is 2. The van der Waals surface area contributed by atoms with Gasteiger partial charge in [0.15, 0.2) is 16.3 Å². The summed E-state index contributed by atoms with van der Waals surface area (Å²) in [5.41, 5.74) is 6.75. The fourth-order valence-electron chi connectivity index (χ4n) is 5.52. The second-order valence-corrected chi connectivity index (χ2v) is 14.2. The first-order chi connectivity index (χ1) is 26.2. The van der Waals surface area contributed by atoms with Crippen molar-refractivity contribution in [1.29, 1.82) is 0 Å². The summed E-state index contributed by atoms with van der Waals surface area (Å²) in [6, 6.07) is 29.0. The van der Waals surface area contributed by atoms with Crippen molar-refractivity contribution in [3.8, 4) is 28.4 Å². The second-order valence-electron chi connectivity index (χ2n) is 11.7. The minimum Gasteiger partial charge on any atom is -0.443 e. The number of nitrogens with zero attached hydrogens (tertiary/aromatic N) is 8. The summed E-state index contributed by atoms with van der Waals surface area (Å²) in [7, 11) is 1.44. The zero-order chi connectivity index (χ0) is 37.8. The molecule has 0 saturated heterocycles. The smallest absolute Gasteiger partial charge is 0.435 e. The quantitative estimate of drug-likeness (QED) is 0.0647. The van der Waals surface area contributed by atoms with Crippen LogP contribution in [0.4, 0.5) is 11.6 Å². The Hall–Kier alpha value is -5.48. The van der Waals surface area contributed by atoms with Crippen molar-refractivity contribution in [2.75, 3.05) is 17.7 Å². The van der Waals surface area contributed by atoms with Gasteiger partial charge >= 0.3 is 11.0 Å². The van der Waals surface area contributed by atoms with Crippen LogP contribution in [0.15, 0.2) is 125 Å². The van der Waals surface area contributed by atoms with Gasteiger partial charge in [0, 0.05) is 63.0 Å². The van der Waals surface area contributed by atoms with Gasteiger partial charge in [0.05, 0.1) is 39.8 Å². The van der Waals surface area contributed by atoms with Gasteiger partial charge in [-0.1, -0.05) is 72.3 Å². The molecule has 54 heavy (non-hydrogen) atoms. The number of anilines is 2. The van der Waals surface area contributed by atoms with Crippen LogP contribution in [-0.4, -0.2) is 46.7 Å². The molecule has 0 atom stereocenters. The molecule has 0 spiro atoms. The Balaban J connectivity index is 0.000000167. The summed E-state index contributed by atoms with van der Waals surface area (Å²) in [5, 5.41) is 35.7. The maximum atomic E-state index is 9.98. The number of pyridine rings is 2. The molecule has 0 saturated carbocycles. The van der Waals surface area contributed by atoms with E-state index >= 15 is 0 Å². The summed E-state index contributed by atoms with van der Waals surface area (Å²) in [6.07, 6.45) is 6.51. The lowest BCUT2D eigenvalue weighted by Crippen LogP contribution is -2.32. The fraction of sp³-hybridized carbons (Fsp3) is 0.0811. The average molecular weight is 893 g/mol. The lowest BCUT2D eigenvalue weighted by atomic mass is 10.1. The van der Waals surface area contributed by atoms with Crippen molar-refractivity contribution in [1.82, 2.24) is 29.2 Å². The zero-order valence-corrected chi connectivity index (χ0v) is 33.0. The molecule has 0 aliphatic carbocycles. The number of nitrogens with one attached hydrogen (secondary N) is 2. The lowest BCUT2D eigenvalue weighted by molar-refractivity contribution is -0.906. The van der Waals surface area contributed by atoms with Gasteiger partial charge in [-0.15, -0.1) is 0 Å². The Kier molecular flexibility index (Phi) is 11.1.